The Kier molecular flexibility index (Phi) is 12.3. The van der Waals surface area contributed by atoms with E-state index in [1.807, 2.05) is 12.1 Å². The zero-order chi connectivity index (χ0) is 17.2. The number of likely N-dealkylation sites (N-methyl/N-ethyl adjacent to an activating group) is 1. The second-order valence-electron chi connectivity index (χ2n) is 6.32. The van der Waals surface area contributed by atoms with E-state index >= 15 is 0 Å². The number of benzene rings is 1. The molecule has 1 atom stereocenters. The van der Waals surface area contributed by atoms with Crippen molar-refractivity contribution >= 4 is 41.2 Å². The van der Waals surface area contributed by atoms with Crippen LogP contribution in [0.25, 0.3) is 0 Å². The summed E-state index contributed by atoms with van der Waals surface area (Å²) in [5, 5.41) is 19.1. The maximum absolute atomic E-state index is 11.1. The van der Waals surface area contributed by atoms with Crippen LogP contribution in [-0.2, 0) is 11.2 Å². The second-order valence-corrected chi connectivity index (χ2v) is 6.32. The molecule has 5 heteroatoms. The van der Waals surface area contributed by atoms with Gasteiger partial charge in [0.15, 0.2) is 0 Å². The monoisotopic (exact) mass is 344 g/mol. The fourth-order valence-corrected chi connectivity index (χ4v) is 2.67. The fourth-order valence-electron chi connectivity index (χ4n) is 2.67. The molecule has 131 valence electrons. The van der Waals surface area contributed by atoms with Crippen LogP contribution in [0.5, 0.6) is 5.75 Å². The van der Waals surface area contributed by atoms with Gasteiger partial charge in [-0.05, 0) is 37.5 Å². The Bertz CT molecular complexity index is 494. The van der Waals surface area contributed by atoms with E-state index in [9.17, 15) is 9.90 Å². The summed E-state index contributed by atoms with van der Waals surface area (Å²) in [5.41, 5.74) is 1.73. The molecule has 0 aliphatic rings. The Morgan fingerprint density at radius 2 is 1.71 bits per heavy atom. The molecule has 24 heavy (non-hydrogen) atoms. The quantitative estimate of drug-likeness (QED) is 0.466. The number of carboxylic acid groups (broad SMARTS) is 1. The van der Waals surface area contributed by atoms with Crippen LogP contribution in [0.3, 0.4) is 0 Å². The zero-order valence-electron chi connectivity index (χ0n) is 15.7. The molecule has 2 N–H and O–H groups in total. The minimum absolute atomic E-state index is 0. The van der Waals surface area contributed by atoms with E-state index in [4.69, 9.17) is 5.11 Å². The van der Waals surface area contributed by atoms with Crippen molar-refractivity contribution in [2.45, 2.75) is 71.3 Å². The molecule has 0 aliphatic carbocycles. The predicted molar refractivity (Wildman–Crippen MR) is 101 cm³/mol. The first-order valence-corrected chi connectivity index (χ1v) is 8.75. The van der Waals surface area contributed by atoms with Crippen molar-refractivity contribution in [3.63, 3.8) is 0 Å². The van der Waals surface area contributed by atoms with Gasteiger partial charge in [-0.15, -0.1) is 0 Å². The molecule has 0 amide bonds. The normalized spacial score (nSPS) is 11.6. The Labute approximate surface area is 168 Å². The minimum atomic E-state index is -0.899. The predicted octanol–water partition coefficient (Wildman–Crippen LogP) is 4.21. The summed E-state index contributed by atoms with van der Waals surface area (Å²) < 4.78 is 0. The summed E-state index contributed by atoms with van der Waals surface area (Å²) >= 11 is 0. The third-order valence-corrected chi connectivity index (χ3v) is 4.43. The van der Waals surface area contributed by atoms with E-state index in [2.05, 4.69) is 6.92 Å². The number of nitrogens with zero attached hydrogens (tertiary/aromatic N) is 1. The summed E-state index contributed by atoms with van der Waals surface area (Å²) in [5.74, 6) is -0.770. The third-order valence-electron chi connectivity index (χ3n) is 4.43. The molecule has 0 spiro atoms. The van der Waals surface area contributed by atoms with Gasteiger partial charge in [0.1, 0.15) is 11.8 Å². The summed E-state index contributed by atoms with van der Waals surface area (Å²) in [6, 6.07) is 4.83. The largest absolute Gasteiger partial charge is 0.506 e. The number of aliphatic carboxylic acids is 1. The first-order chi connectivity index (χ1) is 11.0. The van der Waals surface area contributed by atoms with Crippen molar-refractivity contribution in [3.8, 4) is 5.75 Å². The number of carbonyl (C=O) groups is 1. The number of carboxylic acids is 1. The van der Waals surface area contributed by atoms with Crippen LogP contribution in [0, 0.1) is 0 Å². The first kappa shape index (κ1) is 23.3. The molecule has 1 rings (SSSR count). The van der Waals surface area contributed by atoms with Gasteiger partial charge in [-0.3, -0.25) is 0 Å². The SMILES string of the molecule is CCCCCCCCCc1ccc(O)c(N(C)C(C)C(=O)O)c1.[Na]. The standard InChI is InChI=1S/C19H31NO3.Na/c1-4-5-6-7-8-9-10-11-16-12-13-18(21)17(14-16)20(3)15(2)19(22)23;/h12-15,21H,4-11H2,1-3H3,(H,22,23);. The van der Waals surface area contributed by atoms with Gasteiger partial charge >= 0.3 is 5.97 Å². The van der Waals surface area contributed by atoms with Crippen LogP contribution in [0.15, 0.2) is 18.2 Å². The molecule has 1 radical (unpaired) electrons. The number of hydrogen-bond acceptors (Lipinski definition) is 3. The van der Waals surface area contributed by atoms with Crippen LogP contribution in [0.4, 0.5) is 5.69 Å². The van der Waals surface area contributed by atoms with Crippen molar-refractivity contribution in [2.75, 3.05) is 11.9 Å². The summed E-state index contributed by atoms with van der Waals surface area (Å²) in [6.45, 7) is 3.84. The smallest absolute Gasteiger partial charge is 0.326 e. The van der Waals surface area contributed by atoms with E-state index in [1.165, 1.54) is 38.5 Å². The summed E-state index contributed by atoms with van der Waals surface area (Å²) in [7, 11) is 1.70. The molecule has 1 aromatic rings. The number of aromatic hydroxyl groups is 1. The van der Waals surface area contributed by atoms with Gasteiger partial charge in [0, 0.05) is 36.6 Å². The van der Waals surface area contributed by atoms with Gasteiger partial charge in [0.2, 0.25) is 0 Å². The maximum Gasteiger partial charge on any atom is 0.326 e. The van der Waals surface area contributed by atoms with Gasteiger partial charge < -0.3 is 15.1 Å². The molecule has 0 bridgehead atoms. The number of rotatable bonds is 11. The summed E-state index contributed by atoms with van der Waals surface area (Å²) in [4.78, 5) is 12.7. The van der Waals surface area contributed by atoms with Gasteiger partial charge in [-0.2, -0.15) is 0 Å². The van der Waals surface area contributed by atoms with Crippen molar-refractivity contribution in [1.29, 1.82) is 0 Å². The van der Waals surface area contributed by atoms with Gasteiger partial charge in [-0.1, -0.05) is 51.5 Å². The Morgan fingerprint density at radius 1 is 1.12 bits per heavy atom. The fraction of sp³-hybridized carbons (Fsp3) is 0.632. The van der Waals surface area contributed by atoms with Gasteiger partial charge in [0.25, 0.3) is 0 Å². The number of aryl methyl sites for hydroxylation is 1. The molecule has 0 aromatic heterocycles. The number of hydrogen-bond donors (Lipinski definition) is 2. The number of phenolic OH excluding ortho intramolecular Hbond substituents is 1. The van der Waals surface area contributed by atoms with E-state index < -0.39 is 12.0 Å². The van der Waals surface area contributed by atoms with E-state index in [-0.39, 0.29) is 35.3 Å². The molecule has 4 nitrogen and oxygen atoms in total. The molecule has 0 saturated carbocycles. The van der Waals surface area contributed by atoms with E-state index in [1.54, 1.807) is 24.9 Å². The molecule has 0 saturated heterocycles. The topological polar surface area (TPSA) is 60.8 Å². The Balaban J connectivity index is 0.00000529. The van der Waals surface area contributed by atoms with Crippen LogP contribution in [0.2, 0.25) is 0 Å². The molecule has 0 heterocycles. The van der Waals surface area contributed by atoms with E-state index in [0.29, 0.717) is 5.69 Å². The Hall–Kier alpha value is -0.710. The molecule has 1 aromatic carbocycles. The Morgan fingerprint density at radius 3 is 2.29 bits per heavy atom. The molecule has 1 unspecified atom stereocenters. The van der Waals surface area contributed by atoms with Gasteiger partial charge in [0.05, 0.1) is 5.69 Å². The van der Waals surface area contributed by atoms with Gasteiger partial charge in [-0.25, -0.2) is 4.79 Å². The maximum atomic E-state index is 11.1. The average molecular weight is 344 g/mol. The molecule has 0 fully saturated rings. The zero-order valence-corrected chi connectivity index (χ0v) is 17.7. The number of anilines is 1. The van der Waals surface area contributed by atoms with E-state index in [0.717, 1.165) is 18.4 Å². The minimum Gasteiger partial charge on any atom is -0.506 e. The van der Waals surface area contributed by atoms with Crippen LogP contribution < -0.4 is 4.90 Å². The average Bonchev–Trinajstić information content (AvgIpc) is 2.54. The van der Waals surface area contributed by atoms with Crippen LogP contribution in [-0.4, -0.2) is 58.8 Å². The van der Waals surface area contributed by atoms with Crippen molar-refractivity contribution in [2.24, 2.45) is 0 Å². The number of phenols is 1. The van der Waals surface area contributed by atoms with Crippen LogP contribution in [0.1, 0.15) is 64.4 Å². The van der Waals surface area contributed by atoms with Crippen LogP contribution >= 0.6 is 0 Å². The van der Waals surface area contributed by atoms with Crippen molar-refractivity contribution < 1.29 is 15.0 Å². The first-order valence-electron chi connectivity index (χ1n) is 8.75. The number of unbranched alkanes of at least 4 members (excludes halogenated alkanes) is 6. The molecule has 0 aliphatic heterocycles. The molecular formula is C19H31NNaO3. The van der Waals surface area contributed by atoms with Crippen molar-refractivity contribution in [1.82, 2.24) is 0 Å². The second kappa shape index (κ2) is 12.6. The third kappa shape index (κ3) is 7.91. The molecular weight excluding hydrogens is 313 g/mol. The summed E-state index contributed by atoms with van der Waals surface area (Å²) in [6.07, 6.45) is 9.85. The van der Waals surface area contributed by atoms with Crippen molar-refractivity contribution in [3.05, 3.63) is 23.8 Å².